The summed E-state index contributed by atoms with van der Waals surface area (Å²) in [5.41, 5.74) is 2.95. The molecule has 358 valence electrons. The molecule has 6 unspecified atom stereocenters. The van der Waals surface area contributed by atoms with Crippen LogP contribution in [0.3, 0.4) is 0 Å². The summed E-state index contributed by atoms with van der Waals surface area (Å²) in [6.07, 6.45) is 0.0742. The molecule has 1 spiro atoms. The van der Waals surface area contributed by atoms with Crippen molar-refractivity contribution in [2.75, 3.05) is 45.0 Å². The van der Waals surface area contributed by atoms with Gasteiger partial charge in [0.05, 0.1) is 42.4 Å². The third-order valence-electron chi connectivity index (χ3n) is 13.3. The van der Waals surface area contributed by atoms with Gasteiger partial charge in [-0.25, -0.2) is 14.4 Å². The Balaban J connectivity index is 1.22. The van der Waals surface area contributed by atoms with Crippen LogP contribution in [0.2, 0.25) is 0 Å². The molecular weight excluding hydrogens is 903 g/mol. The minimum Gasteiger partial charge on any atom is -0.491 e. The minimum atomic E-state index is -2.07. The smallest absolute Gasteiger partial charge is 0.421 e. The van der Waals surface area contributed by atoms with E-state index < -0.39 is 59.4 Å². The molecular formula is C55H49N7O9. The fourth-order valence-electron chi connectivity index (χ4n) is 10.4. The number of hydrogen-bond acceptors (Lipinski definition) is 13. The number of methoxy groups -OCH3 is 1. The highest BCUT2D eigenvalue weighted by Gasteiger charge is 2.75. The van der Waals surface area contributed by atoms with Gasteiger partial charge in [-0.3, -0.25) is 24.3 Å². The zero-order valence-electron chi connectivity index (χ0n) is 38.7. The number of ether oxygens (including phenoxy) is 4. The van der Waals surface area contributed by atoms with Crippen LogP contribution >= 0.6 is 0 Å². The van der Waals surface area contributed by atoms with Gasteiger partial charge < -0.3 is 29.4 Å². The van der Waals surface area contributed by atoms with Crippen LogP contribution in [-0.2, 0) is 47.0 Å². The zero-order chi connectivity index (χ0) is 48.9. The van der Waals surface area contributed by atoms with Gasteiger partial charge in [0.25, 0.3) is 0 Å². The molecule has 10 rings (SSSR count). The molecule has 0 saturated carbocycles. The zero-order valence-corrected chi connectivity index (χ0v) is 38.7. The molecule has 5 heterocycles. The van der Waals surface area contributed by atoms with Crippen molar-refractivity contribution < 1.29 is 43.2 Å². The molecule has 3 aliphatic rings. The van der Waals surface area contributed by atoms with Gasteiger partial charge >= 0.3 is 12.1 Å². The molecule has 71 heavy (non-hydrogen) atoms. The van der Waals surface area contributed by atoms with Gasteiger partial charge in [0.2, 0.25) is 11.8 Å². The van der Waals surface area contributed by atoms with Crippen LogP contribution in [0, 0.1) is 17.8 Å². The molecule has 16 heteroatoms. The molecule has 3 aliphatic heterocycles. The Bertz CT molecular complexity index is 3140. The summed E-state index contributed by atoms with van der Waals surface area (Å²) < 4.78 is 25.2. The molecule has 0 aliphatic carbocycles. The second-order valence-electron chi connectivity index (χ2n) is 17.3. The summed E-state index contributed by atoms with van der Waals surface area (Å²) in [5.74, 6) is 3.11. The number of fused-ring (bicyclic) bond motifs is 4. The molecule has 16 nitrogen and oxygen atoms in total. The average molecular weight is 952 g/mol. The summed E-state index contributed by atoms with van der Waals surface area (Å²) in [6, 6.07) is 40.6. The number of aliphatic hydroxyl groups excluding tert-OH is 1. The van der Waals surface area contributed by atoms with E-state index in [4.69, 9.17) is 18.9 Å². The van der Waals surface area contributed by atoms with Crippen molar-refractivity contribution in [1.29, 1.82) is 0 Å². The number of aliphatic hydroxyl groups is 1. The van der Waals surface area contributed by atoms with Crippen molar-refractivity contribution in [3.8, 4) is 17.6 Å². The Morgan fingerprint density at radius 1 is 0.817 bits per heavy atom. The minimum absolute atomic E-state index is 0.0305. The standard InChI is InChI=1S/C55H49N7O9/c1-68-32-33-70-54(67)61-44-25-24-36(14-13-29-60-45-23-9-8-22-43(45)58-59-60)34-42(44)55(53(61)66)46(51(64)57-28-26-40-20-10-11-27-56-40)48-52(65)71-49(38-17-6-3-7-18-38)47(37-15-4-2-5-16-37)62(48)50(55)39-19-12-21-41(35-39)69-31-30-63/h2-12,15-25,27,34-35,46-50,63H,26,28-33H2,1H3,(H,57,64). The second kappa shape index (κ2) is 20.4. The van der Waals surface area contributed by atoms with Gasteiger partial charge in [-0.2, -0.15) is 0 Å². The van der Waals surface area contributed by atoms with Gasteiger partial charge in [-0.15, -0.1) is 5.10 Å². The third-order valence-corrected chi connectivity index (χ3v) is 13.3. The molecule has 0 bridgehead atoms. The molecule has 3 amide bonds. The molecule has 0 radical (unpaired) electrons. The highest BCUT2D eigenvalue weighted by atomic mass is 16.6. The number of amides is 3. The Morgan fingerprint density at radius 3 is 2.35 bits per heavy atom. The van der Waals surface area contributed by atoms with Crippen LogP contribution in [0.4, 0.5) is 10.5 Å². The predicted octanol–water partition coefficient (Wildman–Crippen LogP) is 6.06. The number of nitrogens with zero attached hydrogens (tertiary/aromatic N) is 6. The quantitative estimate of drug-likeness (QED) is 0.0729. The van der Waals surface area contributed by atoms with Gasteiger partial charge in [0.15, 0.2) is 0 Å². The number of benzene rings is 5. The van der Waals surface area contributed by atoms with E-state index in [-0.39, 0.29) is 50.8 Å². The lowest BCUT2D eigenvalue weighted by molar-refractivity contribution is -0.178. The largest absolute Gasteiger partial charge is 0.491 e. The van der Waals surface area contributed by atoms with Gasteiger partial charge in [0.1, 0.15) is 48.6 Å². The van der Waals surface area contributed by atoms with E-state index in [9.17, 15) is 9.90 Å². The normalized spacial score (nSPS) is 21.3. The van der Waals surface area contributed by atoms with Crippen molar-refractivity contribution >= 4 is 40.6 Å². The second-order valence-corrected chi connectivity index (χ2v) is 17.3. The van der Waals surface area contributed by atoms with Crippen molar-refractivity contribution in [1.82, 2.24) is 30.2 Å². The molecule has 5 aromatic carbocycles. The van der Waals surface area contributed by atoms with E-state index in [0.29, 0.717) is 34.4 Å². The average Bonchev–Trinajstić information content (AvgIpc) is 4.05. The van der Waals surface area contributed by atoms with Crippen molar-refractivity contribution in [2.24, 2.45) is 5.92 Å². The fraction of sp³-hybridized carbons (Fsp3) is 0.255. The molecule has 7 aromatic rings. The number of anilines is 1. The first-order chi connectivity index (χ1) is 34.8. The summed E-state index contributed by atoms with van der Waals surface area (Å²) in [4.78, 5) is 69.6. The first-order valence-electron chi connectivity index (χ1n) is 23.3. The number of para-hydroxylation sites is 1. The summed E-state index contributed by atoms with van der Waals surface area (Å²) in [7, 11) is 1.47. The monoisotopic (exact) mass is 951 g/mol. The molecule has 2 aromatic heterocycles. The van der Waals surface area contributed by atoms with Crippen LogP contribution in [-0.4, -0.2) is 100.0 Å². The fourth-order valence-corrected chi connectivity index (χ4v) is 10.4. The molecule has 2 saturated heterocycles. The number of nitrogens with one attached hydrogen (secondary N) is 1. The number of aromatic nitrogens is 4. The number of hydrogen-bond donors (Lipinski definition) is 2. The Kier molecular flexibility index (Phi) is 13.4. The van der Waals surface area contributed by atoms with Crippen LogP contribution < -0.4 is 15.0 Å². The lowest BCUT2D eigenvalue weighted by Crippen LogP contribution is -2.56. The Morgan fingerprint density at radius 2 is 1.58 bits per heavy atom. The van der Waals surface area contributed by atoms with Crippen LogP contribution in [0.25, 0.3) is 11.0 Å². The Hall–Kier alpha value is -8.23. The summed E-state index contributed by atoms with van der Waals surface area (Å²) >= 11 is 0. The van der Waals surface area contributed by atoms with Crippen molar-refractivity contribution in [3.05, 3.63) is 185 Å². The van der Waals surface area contributed by atoms with E-state index in [1.807, 2.05) is 108 Å². The van der Waals surface area contributed by atoms with Gasteiger partial charge in [-0.05, 0) is 76.9 Å². The van der Waals surface area contributed by atoms with Crippen molar-refractivity contribution in [2.45, 2.75) is 42.6 Å². The van der Waals surface area contributed by atoms with E-state index in [2.05, 4.69) is 32.5 Å². The van der Waals surface area contributed by atoms with Gasteiger partial charge in [0, 0.05) is 37.5 Å². The lowest BCUT2D eigenvalue weighted by atomic mass is 9.65. The molecule has 6 atom stereocenters. The third kappa shape index (κ3) is 8.64. The first kappa shape index (κ1) is 46.5. The maximum atomic E-state index is 16.5. The summed E-state index contributed by atoms with van der Waals surface area (Å²) in [6.45, 7) is -0.157. The number of cyclic esters (lactones) is 1. The number of esters is 1. The van der Waals surface area contributed by atoms with E-state index in [0.717, 1.165) is 21.7 Å². The number of carbonyl (C=O) groups excluding carboxylic acids is 4. The van der Waals surface area contributed by atoms with Gasteiger partial charge in [-0.1, -0.05) is 108 Å². The summed E-state index contributed by atoms with van der Waals surface area (Å²) in [5, 5.41) is 21.5. The van der Waals surface area contributed by atoms with Crippen molar-refractivity contribution in [3.63, 3.8) is 0 Å². The van der Waals surface area contributed by atoms with E-state index >= 15 is 14.4 Å². The number of pyridine rings is 1. The number of morpholine rings is 1. The van der Waals surface area contributed by atoms with E-state index in [1.54, 1.807) is 53.3 Å². The van der Waals surface area contributed by atoms with E-state index in [1.165, 1.54) is 7.11 Å². The molecule has 2 fully saturated rings. The number of rotatable bonds is 14. The highest BCUT2D eigenvalue weighted by molar-refractivity contribution is 6.23. The first-order valence-corrected chi connectivity index (χ1v) is 23.3. The maximum Gasteiger partial charge on any atom is 0.421 e. The highest BCUT2D eigenvalue weighted by Crippen LogP contribution is 2.66. The maximum absolute atomic E-state index is 16.5. The molecule has 2 N–H and O–H groups in total. The van der Waals surface area contributed by atoms with Crippen LogP contribution in [0.5, 0.6) is 5.75 Å². The lowest BCUT2D eigenvalue weighted by Gasteiger charge is -2.46. The van der Waals surface area contributed by atoms with Crippen LogP contribution in [0.1, 0.15) is 51.7 Å². The van der Waals surface area contributed by atoms with Crippen LogP contribution in [0.15, 0.2) is 152 Å². The SMILES string of the molecule is COCCOC(=O)N1C(=O)C2(c3cc(C#CCn4nnc5ccccc54)ccc31)C(C(=O)NCCc1ccccn1)C1C(=O)OC(c3ccccc3)C(c3ccccc3)N1C2c1cccc(OCCO)c1. The Labute approximate surface area is 409 Å². The number of imide groups is 1. The topological polar surface area (TPSA) is 188 Å². The predicted molar refractivity (Wildman–Crippen MR) is 260 cm³/mol. The number of carbonyl (C=O) groups is 4.